The molecule has 3 N–H and O–H groups in total. The zero-order chi connectivity index (χ0) is 17.9. The second-order valence-corrected chi connectivity index (χ2v) is 6.36. The summed E-state index contributed by atoms with van der Waals surface area (Å²) in [6.45, 7) is 1.45. The minimum Gasteiger partial charge on any atom is -0.480 e. The van der Waals surface area contributed by atoms with Gasteiger partial charge in [-0.05, 0) is 12.0 Å². The predicted octanol–water partition coefficient (Wildman–Crippen LogP) is 0.966. The number of carboxylic acid groups (broad SMARTS) is 1. The van der Waals surface area contributed by atoms with Gasteiger partial charge < -0.3 is 20.4 Å². The summed E-state index contributed by atoms with van der Waals surface area (Å²) in [5.74, 6) is -0.874. The number of carboxylic acids is 1. The number of benzene rings is 1. The fourth-order valence-corrected chi connectivity index (χ4v) is 2.55. The van der Waals surface area contributed by atoms with Gasteiger partial charge in [-0.15, -0.1) is 0 Å². The van der Waals surface area contributed by atoms with Crippen LogP contribution in [0.2, 0.25) is 0 Å². The molecule has 8 heteroatoms. The Morgan fingerprint density at radius 2 is 1.88 bits per heavy atom. The smallest absolute Gasteiger partial charge is 0.328 e. The molecule has 7 nitrogen and oxygen atoms in total. The van der Waals surface area contributed by atoms with Crippen molar-refractivity contribution in [3.05, 3.63) is 35.9 Å². The fraction of sp³-hybridized carbons (Fsp3) is 0.438. The molecule has 0 saturated carbocycles. The van der Waals surface area contributed by atoms with Gasteiger partial charge in [-0.1, -0.05) is 42.1 Å². The number of thioether (sulfide) groups is 1. The molecule has 132 valence electrons. The highest BCUT2D eigenvalue weighted by molar-refractivity contribution is 8.13. The van der Waals surface area contributed by atoms with Crippen LogP contribution in [-0.4, -0.2) is 63.7 Å². The Bertz CT molecular complexity index is 553. The van der Waals surface area contributed by atoms with Crippen LogP contribution in [0.5, 0.6) is 0 Å². The van der Waals surface area contributed by atoms with E-state index in [4.69, 9.17) is 10.2 Å². The summed E-state index contributed by atoms with van der Waals surface area (Å²) < 4.78 is 0. The van der Waals surface area contributed by atoms with Crippen LogP contribution < -0.4 is 5.32 Å². The summed E-state index contributed by atoms with van der Waals surface area (Å²) in [5.41, 5.74) is 1.05. The van der Waals surface area contributed by atoms with Crippen molar-refractivity contribution >= 4 is 28.9 Å². The highest BCUT2D eigenvalue weighted by atomic mass is 32.2. The molecule has 1 atom stereocenters. The Labute approximate surface area is 145 Å². The van der Waals surface area contributed by atoms with Crippen molar-refractivity contribution in [1.82, 2.24) is 10.2 Å². The number of hydrogen-bond acceptors (Lipinski definition) is 5. The van der Waals surface area contributed by atoms with Crippen LogP contribution in [0.15, 0.2) is 30.3 Å². The predicted molar refractivity (Wildman–Crippen MR) is 91.9 cm³/mol. The van der Waals surface area contributed by atoms with E-state index in [1.807, 2.05) is 30.3 Å². The van der Waals surface area contributed by atoms with Gasteiger partial charge in [-0.2, -0.15) is 0 Å². The molecule has 0 saturated heterocycles. The molecule has 0 heterocycles. The minimum atomic E-state index is -1.35. The molecule has 24 heavy (non-hydrogen) atoms. The third kappa shape index (κ3) is 7.47. The molecule has 0 aromatic heterocycles. The average molecular weight is 354 g/mol. The molecule has 1 rings (SSSR count). The van der Waals surface area contributed by atoms with Gasteiger partial charge in [-0.25, -0.2) is 9.59 Å². The average Bonchev–Trinajstić information content (AvgIpc) is 2.55. The zero-order valence-electron chi connectivity index (χ0n) is 13.5. The molecule has 0 aliphatic heterocycles. The number of rotatable bonds is 9. The summed E-state index contributed by atoms with van der Waals surface area (Å²) in [4.78, 5) is 35.7. The van der Waals surface area contributed by atoms with Crippen molar-refractivity contribution in [1.29, 1.82) is 0 Å². The van der Waals surface area contributed by atoms with Gasteiger partial charge in [0.2, 0.25) is 0 Å². The molecule has 0 bridgehead atoms. The summed E-state index contributed by atoms with van der Waals surface area (Å²) in [5, 5.41) is 20.2. The first kappa shape index (κ1) is 20.0. The normalized spacial score (nSPS) is 11.6. The molecule has 2 amide bonds. The third-order valence-corrected chi connectivity index (χ3v) is 4.04. The maximum absolute atomic E-state index is 12.3. The van der Waals surface area contributed by atoms with Gasteiger partial charge in [-0.3, -0.25) is 4.79 Å². The van der Waals surface area contributed by atoms with Crippen LogP contribution in [0.1, 0.15) is 12.5 Å². The molecule has 1 aromatic rings. The molecule has 0 aliphatic rings. The van der Waals surface area contributed by atoms with Crippen molar-refractivity contribution in [3.63, 3.8) is 0 Å². The number of urea groups is 1. The number of nitrogens with zero attached hydrogens (tertiary/aromatic N) is 1. The molecule has 0 unspecified atom stereocenters. The van der Waals surface area contributed by atoms with Crippen molar-refractivity contribution in [2.75, 3.05) is 25.4 Å². The van der Waals surface area contributed by atoms with Gasteiger partial charge in [0.1, 0.15) is 0 Å². The van der Waals surface area contributed by atoms with Crippen molar-refractivity contribution in [2.45, 2.75) is 19.4 Å². The first-order valence-electron chi connectivity index (χ1n) is 7.50. The number of carbonyl (C=O) groups excluding carboxylic acids is 2. The van der Waals surface area contributed by atoms with Crippen LogP contribution >= 0.6 is 11.8 Å². The van der Waals surface area contributed by atoms with Crippen LogP contribution in [0.4, 0.5) is 4.79 Å². The number of amides is 2. The third-order valence-electron chi connectivity index (χ3n) is 3.25. The molecular formula is C16H22N2O5S. The van der Waals surface area contributed by atoms with Gasteiger partial charge in [0.05, 0.1) is 6.61 Å². The van der Waals surface area contributed by atoms with Gasteiger partial charge in [0.25, 0.3) is 0 Å². The zero-order valence-corrected chi connectivity index (χ0v) is 14.3. The molecular weight excluding hydrogens is 332 g/mol. The summed E-state index contributed by atoms with van der Waals surface area (Å²) in [7, 11) is 0. The van der Waals surface area contributed by atoms with E-state index in [2.05, 4.69) is 5.32 Å². The van der Waals surface area contributed by atoms with Gasteiger partial charge in [0.15, 0.2) is 11.2 Å². The Morgan fingerprint density at radius 3 is 2.42 bits per heavy atom. The summed E-state index contributed by atoms with van der Waals surface area (Å²) in [6, 6.07) is 7.65. The number of aliphatic hydroxyl groups excluding tert-OH is 1. The lowest BCUT2D eigenvalue weighted by Gasteiger charge is -2.24. The fourth-order valence-electron chi connectivity index (χ4n) is 1.95. The highest BCUT2D eigenvalue weighted by Gasteiger charge is 2.22. The van der Waals surface area contributed by atoms with E-state index in [0.717, 1.165) is 17.3 Å². The quantitative estimate of drug-likeness (QED) is 0.610. The number of nitrogens with one attached hydrogen (secondary N) is 1. The largest absolute Gasteiger partial charge is 0.480 e. The second-order valence-electron chi connectivity index (χ2n) is 5.09. The molecule has 0 fully saturated rings. The summed E-state index contributed by atoms with van der Waals surface area (Å²) in [6.07, 6.45) is 0.607. The van der Waals surface area contributed by atoms with Gasteiger partial charge >= 0.3 is 12.0 Å². The van der Waals surface area contributed by atoms with E-state index in [-0.39, 0.29) is 5.12 Å². The van der Waals surface area contributed by atoms with Crippen LogP contribution in [-0.2, 0) is 16.0 Å². The van der Waals surface area contributed by atoms with E-state index in [9.17, 15) is 14.4 Å². The molecule has 1 aromatic carbocycles. The van der Waals surface area contributed by atoms with E-state index in [0.29, 0.717) is 25.3 Å². The molecule has 0 spiro atoms. The van der Waals surface area contributed by atoms with E-state index in [1.165, 1.54) is 11.8 Å². The first-order valence-corrected chi connectivity index (χ1v) is 8.49. The highest BCUT2D eigenvalue weighted by Crippen LogP contribution is 2.06. The molecule has 0 aliphatic carbocycles. The van der Waals surface area contributed by atoms with Crippen molar-refractivity contribution in [3.8, 4) is 0 Å². The maximum atomic E-state index is 12.3. The van der Waals surface area contributed by atoms with Crippen LogP contribution in [0.25, 0.3) is 0 Å². The summed E-state index contributed by atoms with van der Waals surface area (Å²) >= 11 is 1.10. The first-order chi connectivity index (χ1) is 11.4. The number of hydrogen-bond donors (Lipinski definition) is 3. The Morgan fingerprint density at radius 1 is 1.21 bits per heavy atom. The van der Waals surface area contributed by atoms with Crippen LogP contribution in [0, 0.1) is 0 Å². The molecule has 0 radical (unpaired) electrons. The van der Waals surface area contributed by atoms with Crippen molar-refractivity contribution in [2.24, 2.45) is 0 Å². The standard InChI is InChI=1S/C16H22N2O5S/c1-12(20)24-10-9-18(8-7-13-5-3-2-4-6-13)16(23)17-14(11-19)15(21)22/h2-6,14,19H,7-11H2,1H3,(H,17,23)(H,21,22)/t14-/m0/s1. The lowest BCUT2D eigenvalue weighted by atomic mass is 10.1. The second kappa shape index (κ2) is 10.7. The lowest BCUT2D eigenvalue weighted by molar-refractivity contribution is -0.140. The monoisotopic (exact) mass is 354 g/mol. The van der Waals surface area contributed by atoms with E-state index < -0.39 is 24.6 Å². The number of aliphatic hydroxyl groups is 1. The maximum Gasteiger partial charge on any atom is 0.328 e. The number of aliphatic carboxylic acids is 1. The SMILES string of the molecule is CC(=O)SCCN(CCc1ccccc1)C(=O)N[C@@H](CO)C(=O)O. The van der Waals surface area contributed by atoms with Crippen LogP contribution in [0.3, 0.4) is 0 Å². The lowest BCUT2D eigenvalue weighted by Crippen LogP contribution is -2.50. The Hall–Kier alpha value is -2.06. The Balaban J connectivity index is 2.66. The Kier molecular flexibility index (Phi) is 8.88. The number of carbonyl (C=O) groups is 3. The topological polar surface area (TPSA) is 107 Å². The van der Waals surface area contributed by atoms with E-state index in [1.54, 1.807) is 0 Å². The van der Waals surface area contributed by atoms with Gasteiger partial charge in [0, 0.05) is 25.8 Å². The minimum absolute atomic E-state index is 0.0443. The van der Waals surface area contributed by atoms with E-state index >= 15 is 0 Å². The van der Waals surface area contributed by atoms with Crippen molar-refractivity contribution < 1.29 is 24.6 Å².